The smallest absolute Gasteiger partial charge is 0.260 e. The zero-order valence-corrected chi connectivity index (χ0v) is 17.9. The molecule has 1 amide bonds. The fraction of sp³-hybridized carbons (Fsp3) is 0.474. The van der Waals surface area contributed by atoms with Gasteiger partial charge in [-0.3, -0.25) is 19.2 Å². The molecule has 0 aromatic heterocycles. The van der Waals surface area contributed by atoms with Crippen LogP contribution in [0.4, 0.5) is 0 Å². The molecular formula is C19H22ClNO7S. The van der Waals surface area contributed by atoms with Gasteiger partial charge in [-0.05, 0) is 25.5 Å². The summed E-state index contributed by atoms with van der Waals surface area (Å²) in [5, 5.41) is 2.01. The first-order chi connectivity index (χ1) is 13.5. The van der Waals surface area contributed by atoms with Gasteiger partial charge < -0.3 is 10.1 Å². The molecule has 0 aliphatic heterocycles. The molecule has 1 aromatic carbocycles. The van der Waals surface area contributed by atoms with Gasteiger partial charge in [0.1, 0.15) is 10.8 Å². The Labute approximate surface area is 173 Å². The number of halogens is 1. The molecule has 1 saturated carbocycles. The molecule has 0 spiro atoms. The second-order valence-corrected chi connectivity index (χ2v) is 9.24. The second kappa shape index (κ2) is 9.04. The van der Waals surface area contributed by atoms with Crippen LogP contribution >= 0.6 is 11.6 Å². The van der Waals surface area contributed by atoms with Crippen molar-refractivity contribution in [3.05, 3.63) is 22.7 Å². The van der Waals surface area contributed by atoms with E-state index < -0.39 is 45.1 Å². The summed E-state index contributed by atoms with van der Waals surface area (Å²) in [5.41, 5.74) is -0.200. The number of carbonyl (C=O) groups is 4. The number of carbonyl (C=O) groups excluding carboxylic acids is 4. The maximum Gasteiger partial charge on any atom is 0.260 e. The quantitative estimate of drug-likeness (QED) is 0.503. The highest BCUT2D eigenvalue weighted by Crippen LogP contribution is 2.38. The average molecular weight is 444 g/mol. The summed E-state index contributed by atoms with van der Waals surface area (Å²) in [7, 11) is -2.42. The first-order valence-electron chi connectivity index (χ1n) is 9.08. The molecule has 1 aromatic rings. The molecule has 1 atom stereocenters. The fourth-order valence-corrected chi connectivity index (χ4v) is 4.40. The lowest BCUT2D eigenvalue weighted by Crippen LogP contribution is -2.36. The SMILES string of the molecule is CCS(=O)(=O)c1ccc(C(=O)C2C(=O)CCCC2=O)c(Cl)c1OC(C)C(=O)NC. The lowest BCUT2D eigenvalue weighted by atomic mass is 9.81. The Kier molecular flexibility index (Phi) is 7.18. The van der Waals surface area contributed by atoms with E-state index in [4.69, 9.17) is 16.3 Å². The van der Waals surface area contributed by atoms with Gasteiger partial charge in [0.2, 0.25) is 0 Å². The molecule has 0 bridgehead atoms. The van der Waals surface area contributed by atoms with Crippen LogP contribution in [0.5, 0.6) is 5.75 Å². The van der Waals surface area contributed by atoms with Crippen molar-refractivity contribution in [1.82, 2.24) is 5.32 Å². The van der Waals surface area contributed by atoms with Gasteiger partial charge in [0, 0.05) is 25.5 Å². The minimum absolute atomic E-state index is 0.110. The van der Waals surface area contributed by atoms with Gasteiger partial charge in [0.15, 0.2) is 39.0 Å². The van der Waals surface area contributed by atoms with E-state index in [1.54, 1.807) is 0 Å². The predicted octanol–water partition coefficient (Wildman–Crippen LogP) is 1.77. The van der Waals surface area contributed by atoms with E-state index in [-0.39, 0.29) is 39.8 Å². The summed E-state index contributed by atoms with van der Waals surface area (Å²) in [6.07, 6.45) is -0.495. The summed E-state index contributed by atoms with van der Waals surface area (Å²) < 4.78 is 30.4. The van der Waals surface area contributed by atoms with Crippen LogP contribution in [0.25, 0.3) is 0 Å². The Bertz CT molecular complexity index is 955. The van der Waals surface area contributed by atoms with Crippen molar-refractivity contribution in [2.45, 2.75) is 44.1 Å². The Morgan fingerprint density at radius 1 is 1.24 bits per heavy atom. The van der Waals surface area contributed by atoms with Crippen LogP contribution < -0.4 is 10.1 Å². The topological polar surface area (TPSA) is 124 Å². The highest BCUT2D eigenvalue weighted by Gasteiger charge is 2.38. The molecule has 2 rings (SSSR count). The van der Waals surface area contributed by atoms with E-state index in [0.717, 1.165) is 6.07 Å². The molecule has 0 radical (unpaired) electrons. The third-order valence-electron chi connectivity index (χ3n) is 4.70. The largest absolute Gasteiger partial charge is 0.478 e. The van der Waals surface area contributed by atoms with Crippen LogP contribution in [0.2, 0.25) is 5.02 Å². The highest BCUT2D eigenvalue weighted by molar-refractivity contribution is 7.91. The van der Waals surface area contributed by atoms with E-state index in [9.17, 15) is 27.6 Å². The van der Waals surface area contributed by atoms with Crippen LogP contribution in [0.1, 0.15) is 43.5 Å². The first kappa shape index (κ1) is 23.0. The van der Waals surface area contributed by atoms with Crippen LogP contribution in [-0.4, -0.2) is 50.6 Å². The van der Waals surface area contributed by atoms with Crippen LogP contribution in [0, 0.1) is 5.92 Å². The van der Waals surface area contributed by atoms with Gasteiger partial charge in [-0.25, -0.2) is 8.42 Å². The molecule has 10 heteroatoms. The van der Waals surface area contributed by atoms with E-state index in [0.29, 0.717) is 6.42 Å². The van der Waals surface area contributed by atoms with Crippen molar-refractivity contribution in [3.63, 3.8) is 0 Å². The summed E-state index contributed by atoms with van der Waals surface area (Å²) >= 11 is 6.31. The molecule has 158 valence electrons. The lowest BCUT2D eigenvalue weighted by Gasteiger charge is -2.21. The van der Waals surface area contributed by atoms with Crippen LogP contribution in [-0.2, 0) is 24.2 Å². The predicted molar refractivity (Wildman–Crippen MR) is 105 cm³/mol. The summed E-state index contributed by atoms with van der Waals surface area (Å²) in [6.45, 7) is 2.81. The van der Waals surface area contributed by atoms with Gasteiger partial charge in [-0.15, -0.1) is 0 Å². The normalized spacial score (nSPS) is 16.4. The van der Waals surface area contributed by atoms with Crippen molar-refractivity contribution >= 4 is 44.7 Å². The molecule has 1 N–H and O–H groups in total. The van der Waals surface area contributed by atoms with Crippen LogP contribution in [0.15, 0.2) is 17.0 Å². The van der Waals surface area contributed by atoms with Crippen molar-refractivity contribution < 1.29 is 32.3 Å². The Morgan fingerprint density at radius 3 is 2.34 bits per heavy atom. The second-order valence-electron chi connectivity index (χ2n) is 6.62. The lowest BCUT2D eigenvalue weighted by molar-refractivity contribution is -0.133. The molecule has 1 unspecified atom stereocenters. The number of nitrogens with one attached hydrogen (secondary N) is 1. The number of ketones is 3. The minimum atomic E-state index is -3.80. The molecular weight excluding hydrogens is 422 g/mol. The van der Waals surface area contributed by atoms with E-state index in [2.05, 4.69) is 5.32 Å². The molecule has 1 aliphatic rings. The van der Waals surface area contributed by atoms with Gasteiger partial charge >= 0.3 is 0 Å². The van der Waals surface area contributed by atoms with Gasteiger partial charge in [0.25, 0.3) is 5.91 Å². The Morgan fingerprint density at radius 2 is 1.83 bits per heavy atom. The molecule has 8 nitrogen and oxygen atoms in total. The number of hydrogen-bond acceptors (Lipinski definition) is 7. The minimum Gasteiger partial charge on any atom is -0.478 e. The van der Waals surface area contributed by atoms with Crippen molar-refractivity contribution in [2.75, 3.05) is 12.8 Å². The standard InChI is InChI=1S/C19H22ClNO7S/c1-4-29(26,27)14-9-8-11(16(20)18(14)28-10(2)19(25)21-3)17(24)15-12(22)6-5-7-13(15)23/h8-10,15H,4-7H2,1-3H3,(H,21,25). The molecule has 0 heterocycles. The highest BCUT2D eigenvalue weighted by atomic mass is 35.5. The first-order valence-corrected chi connectivity index (χ1v) is 11.1. The molecule has 0 saturated heterocycles. The maximum atomic E-state index is 12.9. The van der Waals surface area contributed by atoms with Gasteiger partial charge in [-0.2, -0.15) is 0 Å². The average Bonchev–Trinajstić information content (AvgIpc) is 2.68. The zero-order valence-electron chi connectivity index (χ0n) is 16.3. The van der Waals surface area contributed by atoms with E-state index in [1.165, 1.54) is 27.0 Å². The number of benzene rings is 1. The molecule has 1 aliphatic carbocycles. The third kappa shape index (κ3) is 4.67. The van der Waals surface area contributed by atoms with Crippen LogP contribution in [0.3, 0.4) is 0 Å². The Hall–Kier alpha value is -2.26. The van der Waals surface area contributed by atoms with Crippen molar-refractivity contribution in [3.8, 4) is 5.75 Å². The number of likely N-dealkylation sites (N-methyl/N-ethyl adjacent to an activating group) is 1. The number of hydrogen-bond donors (Lipinski definition) is 1. The maximum absolute atomic E-state index is 12.9. The summed E-state index contributed by atoms with van der Waals surface area (Å²) in [4.78, 5) is 48.7. The summed E-state index contributed by atoms with van der Waals surface area (Å²) in [6, 6.07) is 2.31. The fourth-order valence-electron chi connectivity index (χ4n) is 3.03. The van der Waals surface area contributed by atoms with E-state index >= 15 is 0 Å². The van der Waals surface area contributed by atoms with E-state index in [1.807, 2.05) is 0 Å². The monoisotopic (exact) mass is 443 g/mol. The third-order valence-corrected chi connectivity index (χ3v) is 6.83. The molecule has 29 heavy (non-hydrogen) atoms. The molecule has 1 fully saturated rings. The zero-order chi connectivity index (χ0) is 21.9. The number of rotatable bonds is 7. The summed E-state index contributed by atoms with van der Waals surface area (Å²) in [5.74, 6) is -4.40. The van der Waals surface area contributed by atoms with Gasteiger partial charge in [0.05, 0.1) is 10.8 Å². The van der Waals surface area contributed by atoms with Crippen molar-refractivity contribution in [2.24, 2.45) is 5.92 Å². The number of amides is 1. The van der Waals surface area contributed by atoms with Gasteiger partial charge in [-0.1, -0.05) is 18.5 Å². The van der Waals surface area contributed by atoms with Crippen molar-refractivity contribution in [1.29, 1.82) is 0 Å². The Balaban J connectivity index is 2.60. The number of Topliss-reactive ketones (excluding diaryl/α,β-unsaturated/α-hetero) is 3. The number of sulfone groups is 1. The number of ether oxygens (including phenoxy) is 1.